The average Bonchev–Trinajstić information content (AvgIpc) is 2.84. The molecule has 0 N–H and O–H groups in total. The van der Waals surface area contributed by atoms with Gasteiger partial charge in [0.15, 0.2) is 11.9 Å². The Balaban J connectivity index is 1.56. The van der Waals surface area contributed by atoms with Crippen LogP contribution in [0.1, 0.15) is 19.7 Å². The topological polar surface area (TPSA) is 79.7 Å². The summed E-state index contributed by atoms with van der Waals surface area (Å²) < 4.78 is 18.0. The van der Waals surface area contributed by atoms with Crippen LogP contribution in [0.2, 0.25) is 0 Å². The Morgan fingerprint density at radius 1 is 0.939 bits per heavy atom. The summed E-state index contributed by atoms with van der Waals surface area (Å²) in [4.78, 5) is 29.9. The van der Waals surface area contributed by atoms with Gasteiger partial charge in [0.1, 0.15) is 18.1 Å². The van der Waals surface area contributed by atoms with Crippen molar-refractivity contribution < 1.29 is 19.0 Å². The molecule has 0 spiro atoms. The Morgan fingerprint density at radius 2 is 1.61 bits per heavy atom. The quantitative estimate of drug-likeness (QED) is 0.298. The van der Waals surface area contributed by atoms with Gasteiger partial charge in [0, 0.05) is 6.61 Å². The molecule has 33 heavy (non-hydrogen) atoms. The number of rotatable bonds is 8. The highest BCUT2D eigenvalue weighted by atomic mass is 16.6. The van der Waals surface area contributed by atoms with Crippen LogP contribution in [-0.4, -0.2) is 28.2 Å². The standard InChI is InChI=1S/C26H24N2O5/c1-3-31-18(2)26(30)33-21-15-13-20(14-16-21)32-17-24-27-23-12-8-7-11-22(23)25(29)28(24)19-9-5-4-6-10-19/h4-16,18H,3,17H2,1-2H3. The van der Waals surface area contributed by atoms with Crippen LogP contribution in [0.15, 0.2) is 83.7 Å². The van der Waals surface area contributed by atoms with E-state index in [0.717, 1.165) is 0 Å². The molecule has 0 aliphatic rings. The van der Waals surface area contributed by atoms with Gasteiger partial charge in [-0.15, -0.1) is 0 Å². The molecule has 4 rings (SSSR count). The zero-order valence-corrected chi connectivity index (χ0v) is 18.4. The number of nitrogens with zero attached hydrogens (tertiary/aromatic N) is 2. The molecule has 0 aliphatic heterocycles. The molecule has 4 aromatic rings. The second kappa shape index (κ2) is 10.1. The molecule has 1 aromatic heterocycles. The van der Waals surface area contributed by atoms with Gasteiger partial charge in [-0.3, -0.25) is 9.36 Å². The van der Waals surface area contributed by atoms with Gasteiger partial charge in [-0.05, 0) is 62.4 Å². The van der Waals surface area contributed by atoms with Crippen molar-refractivity contribution in [2.45, 2.75) is 26.6 Å². The van der Waals surface area contributed by atoms with E-state index in [-0.39, 0.29) is 12.2 Å². The van der Waals surface area contributed by atoms with Crippen LogP contribution in [0, 0.1) is 0 Å². The molecular weight excluding hydrogens is 420 g/mol. The molecule has 0 radical (unpaired) electrons. The van der Waals surface area contributed by atoms with E-state index in [9.17, 15) is 9.59 Å². The lowest BCUT2D eigenvalue weighted by molar-refractivity contribution is -0.145. The molecule has 7 nitrogen and oxygen atoms in total. The number of para-hydroxylation sites is 2. The van der Waals surface area contributed by atoms with E-state index < -0.39 is 12.1 Å². The normalized spacial score (nSPS) is 11.8. The third-order valence-electron chi connectivity index (χ3n) is 5.02. The highest BCUT2D eigenvalue weighted by Crippen LogP contribution is 2.20. The second-order valence-corrected chi connectivity index (χ2v) is 7.30. The summed E-state index contributed by atoms with van der Waals surface area (Å²) >= 11 is 0. The van der Waals surface area contributed by atoms with Crippen LogP contribution >= 0.6 is 0 Å². The molecule has 0 amide bonds. The largest absolute Gasteiger partial charge is 0.486 e. The zero-order chi connectivity index (χ0) is 23.2. The molecule has 0 saturated carbocycles. The van der Waals surface area contributed by atoms with Gasteiger partial charge in [0.05, 0.1) is 16.6 Å². The maximum atomic E-state index is 13.2. The van der Waals surface area contributed by atoms with Crippen molar-refractivity contribution >= 4 is 16.9 Å². The van der Waals surface area contributed by atoms with Crippen LogP contribution in [-0.2, 0) is 16.1 Å². The number of ether oxygens (including phenoxy) is 3. The number of esters is 1. The Hall–Kier alpha value is -3.97. The van der Waals surface area contributed by atoms with Crippen LogP contribution in [0.4, 0.5) is 0 Å². The van der Waals surface area contributed by atoms with Crippen molar-refractivity contribution in [2.75, 3.05) is 6.61 Å². The highest BCUT2D eigenvalue weighted by molar-refractivity contribution is 5.78. The van der Waals surface area contributed by atoms with Gasteiger partial charge >= 0.3 is 5.97 Å². The van der Waals surface area contributed by atoms with Crippen molar-refractivity contribution in [1.29, 1.82) is 0 Å². The van der Waals surface area contributed by atoms with Gasteiger partial charge in [-0.25, -0.2) is 9.78 Å². The first kappa shape index (κ1) is 22.2. The van der Waals surface area contributed by atoms with Gasteiger partial charge in [0.2, 0.25) is 0 Å². The minimum Gasteiger partial charge on any atom is -0.486 e. The molecule has 0 bridgehead atoms. The van der Waals surface area contributed by atoms with E-state index in [1.54, 1.807) is 41.8 Å². The fraction of sp³-hybridized carbons (Fsp3) is 0.192. The summed E-state index contributed by atoms with van der Waals surface area (Å²) in [6.07, 6.45) is -0.639. The molecule has 0 aliphatic carbocycles. The van der Waals surface area contributed by atoms with Crippen LogP contribution in [0.5, 0.6) is 11.5 Å². The third-order valence-corrected chi connectivity index (χ3v) is 5.02. The van der Waals surface area contributed by atoms with Gasteiger partial charge in [-0.2, -0.15) is 0 Å². The Kier molecular flexibility index (Phi) is 6.80. The van der Waals surface area contributed by atoms with E-state index in [1.807, 2.05) is 55.5 Å². The smallest absolute Gasteiger partial charge is 0.340 e. The SMILES string of the molecule is CCOC(C)C(=O)Oc1ccc(OCc2nc3ccccc3c(=O)n2-c2ccccc2)cc1. The number of carbonyl (C=O) groups is 1. The van der Waals surface area contributed by atoms with Gasteiger partial charge < -0.3 is 14.2 Å². The van der Waals surface area contributed by atoms with Crippen molar-refractivity contribution in [2.24, 2.45) is 0 Å². The molecule has 168 valence electrons. The third kappa shape index (κ3) is 5.10. The first-order valence-electron chi connectivity index (χ1n) is 10.7. The highest BCUT2D eigenvalue weighted by Gasteiger charge is 2.16. The molecule has 7 heteroatoms. The molecule has 3 aromatic carbocycles. The number of aromatic nitrogens is 2. The minimum absolute atomic E-state index is 0.0788. The van der Waals surface area contributed by atoms with Crippen molar-refractivity contribution in [3.8, 4) is 17.2 Å². The summed E-state index contributed by atoms with van der Waals surface area (Å²) in [5.74, 6) is 0.960. The molecule has 1 atom stereocenters. The lowest BCUT2D eigenvalue weighted by Gasteiger charge is -2.15. The van der Waals surface area contributed by atoms with Crippen LogP contribution in [0.25, 0.3) is 16.6 Å². The fourth-order valence-electron chi connectivity index (χ4n) is 3.39. The molecule has 0 fully saturated rings. The number of fused-ring (bicyclic) bond motifs is 1. The van der Waals surface area contributed by atoms with E-state index >= 15 is 0 Å². The first-order chi connectivity index (χ1) is 16.1. The maximum absolute atomic E-state index is 13.2. The van der Waals surface area contributed by atoms with Gasteiger partial charge in [0.25, 0.3) is 5.56 Å². The van der Waals surface area contributed by atoms with E-state index in [4.69, 9.17) is 14.2 Å². The summed E-state index contributed by atoms with van der Waals surface area (Å²) in [7, 11) is 0. The van der Waals surface area contributed by atoms with Crippen LogP contribution in [0.3, 0.4) is 0 Å². The number of hydrogen-bond acceptors (Lipinski definition) is 6. The monoisotopic (exact) mass is 444 g/mol. The van der Waals surface area contributed by atoms with Crippen LogP contribution < -0.4 is 15.0 Å². The maximum Gasteiger partial charge on any atom is 0.340 e. The first-order valence-corrected chi connectivity index (χ1v) is 10.7. The fourth-order valence-corrected chi connectivity index (χ4v) is 3.39. The number of carbonyl (C=O) groups excluding carboxylic acids is 1. The van der Waals surface area contributed by atoms with E-state index in [0.29, 0.717) is 40.5 Å². The Morgan fingerprint density at radius 3 is 2.33 bits per heavy atom. The lowest BCUT2D eigenvalue weighted by atomic mass is 10.2. The average molecular weight is 444 g/mol. The van der Waals surface area contributed by atoms with Crippen molar-refractivity contribution in [1.82, 2.24) is 9.55 Å². The summed E-state index contributed by atoms with van der Waals surface area (Å²) in [5.41, 5.74) is 1.17. The lowest BCUT2D eigenvalue weighted by Crippen LogP contribution is -2.25. The summed E-state index contributed by atoms with van der Waals surface area (Å²) in [6.45, 7) is 3.97. The molecule has 1 heterocycles. The molecule has 1 unspecified atom stereocenters. The van der Waals surface area contributed by atoms with Crippen molar-refractivity contribution in [3.05, 3.63) is 95.0 Å². The predicted octanol–water partition coefficient (Wildman–Crippen LogP) is 4.30. The van der Waals surface area contributed by atoms with E-state index in [2.05, 4.69) is 4.98 Å². The second-order valence-electron chi connectivity index (χ2n) is 7.30. The van der Waals surface area contributed by atoms with Crippen molar-refractivity contribution in [3.63, 3.8) is 0 Å². The van der Waals surface area contributed by atoms with E-state index in [1.165, 1.54) is 0 Å². The number of benzene rings is 3. The Labute approximate surface area is 191 Å². The number of hydrogen-bond donors (Lipinski definition) is 0. The zero-order valence-electron chi connectivity index (χ0n) is 18.4. The summed E-state index contributed by atoms with van der Waals surface area (Å²) in [5, 5.41) is 0.539. The molecule has 0 saturated heterocycles. The molecular formula is C26H24N2O5. The Bertz CT molecular complexity index is 1300. The van der Waals surface area contributed by atoms with Gasteiger partial charge in [-0.1, -0.05) is 30.3 Å². The summed E-state index contributed by atoms with van der Waals surface area (Å²) in [6, 6.07) is 23.3. The minimum atomic E-state index is -0.639. The predicted molar refractivity (Wildman–Crippen MR) is 125 cm³/mol.